The van der Waals surface area contributed by atoms with Crippen molar-refractivity contribution in [2.75, 3.05) is 0 Å². The molecule has 0 unspecified atom stereocenters. The molecule has 26 heavy (non-hydrogen) atoms. The minimum Gasteiger partial charge on any atom is -0.263 e. The molecule has 1 saturated carbocycles. The number of nitrogens with one attached hydrogen (secondary N) is 1. The first-order valence-electron chi connectivity index (χ1n) is 8.87. The van der Waals surface area contributed by atoms with Crippen LogP contribution < -0.4 is 0 Å². The van der Waals surface area contributed by atoms with Gasteiger partial charge in [0.2, 0.25) is 0 Å². The molecule has 0 amide bonds. The average molecular weight is 353 g/mol. The first-order chi connectivity index (χ1) is 12.7. The molecular formula is C19H17F2N5. The summed E-state index contributed by atoms with van der Waals surface area (Å²) in [6.07, 6.45) is 6.45. The van der Waals surface area contributed by atoms with E-state index in [2.05, 4.69) is 25.4 Å². The number of H-pyrrole nitrogens is 1. The summed E-state index contributed by atoms with van der Waals surface area (Å²) < 4.78 is 28.4. The van der Waals surface area contributed by atoms with Crippen LogP contribution in [0.3, 0.4) is 0 Å². The quantitative estimate of drug-likeness (QED) is 0.759. The second kappa shape index (κ2) is 5.65. The summed E-state index contributed by atoms with van der Waals surface area (Å²) in [6.45, 7) is 0. The molecule has 1 N–H and O–H groups in total. The van der Waals surface area contributed by atoms with Crippen LogP contribution >= 0.6 is 0 Å². The van der Waals surface area contributed by atoms with Crippen molar-refractivity contribution >= 4 is 0 Å². The molecule has 0 saturated heterocycles. The van der Waals surface area contributed by atoms with Gasteiger partial charge in [-0.2, -0.15) is 10.2 Å². The van der Waals surface area contributed by atoms with E-state index in [0.717, 1.165) is 49.2 Å². The van der Waals surface area contributed by atoms with Crippen molar-refractivity contribution in [2.45, 2.75) is 43.4 Å². The lowest BCUT2D eigenvalue weighted by Crippen LogP contribution is -2.34. The van der Waals surface area contributed by atoms with Crippen molar-refractivity contribution in [2.24, 2.45) is 0 Å². The van der Waals surface area contributed by atoms with Gasteiger partial charge in [0.25, 0.3) is 0 Å². The minimum atomic E-state index is -0.622. The fourth-order valence-electron chi connectivity index (χ4n) is 4.63. The number of halogens is 2. The number of benzene rings is 1. The van der Waals surface area contributed by atoms with Crippen LogP contribution in [0.15, 0.2) is 30.6 Å². The van der Waals surface area contributed by atoms with E-state index in [4.69, 9.17) is 0 Å². The van der Waals surface area contributed by atoms with Crippen molar-refractivity contribution in [1.29, 1.82) is 0 Å². The fourth-order valence-corrected chi connectivity index (χ4v) is 4.63. The molecule has 3 aliphatic rings. The maximum atomic E-state index is 14.2. The molecule has 0 aliphatic heterocycles. The lowest BCUT2D eigenvalue weighted by molar-refractivity contribution is 0.380. The first kappa shape index (κ1) is 15.5. The molecular weight excluding hydrogens is 336 g/mol. The van der Waals surface area contributed by atoms with Crippen LogP contribution in [0.5, 0.6) is 0 Å². The molecule has 3 aromatic rings. The number of rotatable bonds is 2. The number of hydrogen-bond acceptors (Lipinski definition) is 4. The van der Waals surface area contributed by atoms with Crippen LogP contribution in [0.1, 0.15) is 55.1 Å². The summed E-state index contributed by atoms with van der Waals surface area (Å²) in [4.78, 5) is 4.40. The minimum absolute atomic E-state index is 0.114. The van der Waals surface area contributed by atoms with E-state index in [1.54, 1.807) is 0 Å². The van der Waals surface area contributed by atoms with Crippen molar-refractivity contribution in [3.63, 3.8) is 0 Å². The van der Waals surface area contributed by atoms with Crippen LogP contribution in [-0.2, 0) is 5.41 Å². The monoisotopic (exact) mass is 353 g/mol. The van der Waals surface area contributed by atoms with E-state index in [1.165, 1.54) is 24.5 Å². The van der Waals surface area contributed by atoms with E-state index >= 15 is 0 Å². The molecule has 1 aromatic carbocycles. The Kier molecular flexibility index (Phi) is 3.38. The Bertz CT molecular complexity index is 948. The lowest BCUT2D eigenvalue weighted by Gasteiger charge is -2.35. The van der Waals surface area contributed by atoms with Crippen molar-refractivity contribution in [3.05, 3.63) is 59.3 Å². The summed E-state index contributed by atoms with van der Waals surface area (Å²) in [5.41, 5.74) is 1.72. The Hall–Kier alpha value is -2.70. The highest BCUT2D eigenvalue weighted by Gasteiger charge is 2.47. The van der Waals surface area contributed by atoms with Gasteiger partial charge >= 0.3 is 0 Å². The molecule has 6 rings (SSSR count). The maximum Gasteiger partial charge on any atom is 0.137 e. The van der Waals surface area contributed by atoms with Gasteiger partial charge in [-0.05, 0) is 55.4 Å². The van der Waals surface area contributed by atoms with Gasteiger partial charge in [-0.1, -0.05) is 12.5 Å². The van der Waals surface area contributed by atoms with Crippen molar-refractivity contribution in [1.82, 2.24) is 25.4 Å². The van der Waals surface area contributed by atoms with Gasteiger partial charge in [0.15, 0.2) is 0 Å². The molecule has 7 heteroatoms. The molecule has 0 spiro atoms. The number of hydrogen-bond donors (Lipinski definition) is 1. The second-order valence-corrected chi connectivity index (χ2v) is 7.17. The molecule has 2 aromatic heterocycles. The predicted octanol–water partition coefficient (Wildman–Crippen LogP) is 3.89. The highest BCUT2D eigenvalue weighted by molar-refractivity contribution is 5.62. The smallest absolute Gasteiger partial charge is 0.137 e. The van der Waals surface area contributed by atoms with Crippen LogP contribution in [-0.4, -0.2) is 25.4 Å². The number of nitrogens with zero attached hydrogens (tertiary/aromatic N) is 4. The SMILES string of the molecule is Fc1cccc(F)c1-c1cc2c(nn1)[C@]1(c3ncn[nH]3)CCC[C@H]2CC1. The molecule has 132 valence electrons. The average Bonchev–Trinajstić information content (AvgIpc) is 3.04. The molecule has 2 atom stereocenters. The van der Waals surface area contributed by atoms with Gasteiger partial charge in [0.1, 0.15) is 23.8 Å². The van der Waals surface area contributed by atoms with E-state index in [1.807, 2.05) is 6.07 Å². The van der Waals surface area contributed by atoms with Gasteiger partial charge in [-0.15, -0.1) is 5.10 Å². The molecule has 5 nitrogen and oxygen atoms in total. The first-order valence-corrected chi connectivity index (χ1v) is 8.87. The Morgan fingerprint density at radius 2 is 1.92 bits per heavy atom. The van der Waals surface area contributed by atoms with Gasteiger partial charge in [0, 0.05) is 0 Å². The van der Waals surface area contributed by atoms with E-state index in [-0.39, 0.29) is 16.7 Å². The van der Waals surface area contributed by atoms with Crippen LogP contribution in [0.4, 0.5) is 8.78 Å². The van der Waals surface area contributed by atoms with E-state index < -0.39 is 11.6 Å². The summed E-state index contributed by atoms with van der Waals surface area (Å²) in [5.74, 6) is -0.100. The number of fused-ring (bicyclic) bond motifs is 3. The second-order valence-electron chi connectivity index (χ2n) is 7.17. The summed E-state index contributed by atoms with van der Waals surface area (Å²) in [7, 11) is 0. The van der Waals surface area contributed by atoms with Gasteiger partial charge < -0.3 is 0 Å². The third-order valence-electron chi connectivity index (χ3n) is 5.88. The molecule has 3 aliphatic carbocycles. The van der Waals surface area contributed by atoms with Crippen LogP contribution in [0.25, 0.3) is 11.3 Å². The Morgan fingerprint density at radius 3 is 2.69 bits per heavy atom. The lowest BCUT2D eigenvalue weighted by atomic mass is 9.69. The third kappa shape index (κ3) is 2.12. The Balaban J connectivity index is 1.71. The van der Waals surface area contributed by atoms with Gasteiger partial charge in [-0.25, -0.2) is 13.8 Å². The highest BCUT2D eigenvalue weighted by Crippen LogP contribution is 2.52. The fraction of sp³-hybridized carbons (Fsp3) is 0.368. The molecule has 1 fully saturated rings. The highest BCUT2D eigenvalue weighted by atomic mass is 19.1. The van der Waals surface area contributed by atoms with E-state index in [0.29, 0.717) is 5.92 Å². The Morgan fingerprint density at radius 1 is 1.08 bits per heavy atom. The topological polar surface area (TPSA) is 67.3 Å². The Labute approximate surface area is 148 Å². The van der Waals surface area contributed by atoms with Crippen LogP contribution in [0, 0.1) is 11.6 Å². The largest absolute Gasteiger partial charge is 0.263 e. The summed E-state index contributed by atoms with van der Waals surface area (Å²) in [5, 5.41) is 15.7. The predicted molar refractivity (Wildman–Crippen MR) is 90.4 cm³/mol. The zero-order valence-electron chi connectivity index (χ0n) is 14.0. The normalized spacial score (nSPS) is 24.3. The molecule has 2 heterocycles. The number of aromatic amines is 1. The van der Waals surface area contributed by atoms with Crippen molar-refractivity contribution in [3.8, 4) is 11.3 Å². The van der Waals surface area contributed by atoms with E-state index in [9.17, 15) is 8.78 Å². The standard InChI is InChI=1S/C19H17F2N5/c20-13-4-1-5-14(21)16(13)15-9-12-11-3-2-7-19(8-6-11,17(12)25-24-15)18-22-10-23-26-18/h1,4-5,9-11H,2-3,6-8H2,(H,22,23,26)/t11-,19-/m0/s1. The number of aromatic nitrogens is 5. The van der Waals surface area contributed by atoms with Gasteiger partial charge in [0.05, 0.1) is 22.4 Å². The summed E-state index contributed by atoms with van der Waals surface area (Å²) >= 11 is 0. The summed E-state index contributed by atoms with van der Waals surface area (Å²) in [6, 6.07) is 5.66. The van der Waals surface area contributed by atoms with Gasteiger partial charge in [-0.3, -0.25) is 5.10 Å². The van der Waals surface area contributed by atoms with Crippen LogP contribution in [0.2, 0.25) is 0 Å². The zero-order chi connectivity index (χ0) is 17.7. The molecule has 0 radical (unpaired) electrons. The maximum absolute atomic E-state index is 14.2. The molecule has 2 bridgehead atoms. The van der Waals surface area contributed by atoms with Crippen molar-refractivity contribution < 1.29 is 8.78 Å². The zero-order valence-corrected chi connectivity index (χ0v) is 14.0. The third-order valence-corrected chi connectivity index (χ3v) is 5.88.